The number of rotatable bonds is 4. The number of halogens is 1. The van der Waals surface area contributed by atoms with Crippen molar-refractivity contribution in [1.82, 2.24) is 5.32 Å². The molecule has 2 nitrogen and oxygen atoms in total. The lowest BCUT2D eigenvalue weighted by atomic mass is 10.1. The van der Waals surface area contributed by atoms with Gasteiger partial charge in [-0.2, -0.15) is 0 Å². The van der Waals surface area contributed by atoms with Crippen LogP contribution in [0.3, 0.4) is 0 Å². The Kier molecular flexibility index (Phi) is 4.82. The van der Waals surface area contributed by atoms with Crippen LogP contribution < -0.4 is 5.32 Å². The van der Waals surface area contributed by atoms with Crippen LogP contribution in [0.15, 0.2) is 22.7 Å². The Labute approximate surface area is 99.2 Å². The van der Waals surface area contributed by atoms with Gasteiger partial charge in [0, 0.05) is 16.6 Å². The van der Waals surface area contributed by atoms with E-state index in [1.165, 1.54) is 0 Å². The highest BCUT2D eigenvalue weighted by molar-refractivity contribution is 9.10. The molecule has 1 aromatic rings. The third kappa shape index (κ3) is 3.67. The summed E-state index contributed by atoms with van der Waals surface area (Å²) >= 11 is 3.37. The zero-order valence-corrected chi connectivity index (χ0v) is 10.7. The molecule has 0 aliphatic carbocycles. The minimum absolute atomic E-state index is 0.0160. The molecule has 0 saturated carbocycles. The highest BCUT2D eigenvalue weighted by atomic mass is 79.9. The smallest absolute Gasteiger partial charge is 0.251 e. The monoisotopic (exact) mass is 269 g/mol. The van der Waals surface area contributed by atoms with Crippen LogP contribution in [0.25, 0.3) is 0 Å². The van der Waals surface area contributed by atoms with Crippen LogP contribution in [0.5, 0.6) is 0 Å². The van der Waals surface area contributed by atoms with Gasteiger partial charge in [0.1, 0.15) is 0 Å². The fourth-order valence-corrected chi connectivity index (χ4v) is 1.67. The van der Waals surface area contributed by atoms with Gasteiger partial charge in [-0.1, -0.05) is 35.3 Å². The minimum Gasteiger partial charge on any atom is -0.352 e. The van der Waals surface area contributed by atoms with E-state index in [2.05, 4.69) is 28.2 Å². The minimum atomic E-state index is 0.0160. The van der Waals surface area contributed by atoms with Crippen molar-refractivity contribution < 1.29 is 4.79 Å². The summed E-state index contributed by atoms with van der Waals surface area (Å²) in [6.45, 7) is 4.80. The van der Waals surface area contributed by atoms with Crippen LogP contribution >= 0.6 is 15.9 Å². The molecule has 0 heterocycles. The highest BCUT2D eigenvalue weighted by Gasteiger charge is 2.08. The van der Waals surface area contributed by atoms with Gasteiger partial charge in [0.05, 0.1) is 0 Å². The molecule has 82 valence electrons. The van der Waals surface area contributed by atoms with Crippen molar-refractivity contribution in [2.45, 2.75) is 26.7 Å². The molecule has 3 heteroatoms. The Morgan fingerprint density at radius 3 is 2.87 bits per heavy atom. The largest absolute Gasteiger partial charge is 0.352 e. The number of hydrogen-bond acceptors (Lipinski definition) is 1. The number of benzene rings is 1. The molecule has 0 atom stereocenters. The van der Waals surface area contributed by atoms with Crippen molar-refractivity contribution >= 4 is 21.8 Å². The molecule has 1 aromatic carbocycles. The topological polar surface area (TPSA) is 29.1 Å². The van der Waals surface area contributed by atoms with Crippen molar-refractivity contribution in [3.8, 4) is 0 Å². The van der Waals surface area contributed by atoms with Crippen LogP contribution in [0, 0.1) is 6.92 Å². The predicted molar refractivity (Wildman–Crippen MR) is 66.1 cm³/mol. The molecule has 0 aromatic heterocycles. The first-order valence-electron chi connectivity index (χ1n) is 5.19. The zero-order valence-electron chi connectivity index (χ0n) is 9.14. The SMILES string of the molecule is CCCCNC(=O)c1cc(Br)ccc1C. The number of nitrogens with one attached hydrogen (secondary N) is 1. The van der Waals surface area contributed by atoms with E-state index in [1.54, 1.807) is 0 Å². The van der Waals surface area contributed by atoms with Crippen molar-refractivity contribution in [1.29, 1.82) is 0 Å². The van der Waals surface area contributed by atoms with Crippen molar-refractivity contribution in [2.75, 3.05) is 6.54 Å². The number of unbranched alkanes of at least 4 members (excludes halogenated alkanes) is 1. The summed E-state index contributed by atoms with van der Waals surface area (Å²) in [6, 6.07) is 5.74. The lowest BCUT2D eigenvalue weighted by Crippen LogP contribution is -2.25. The lowest BCUT2D eigenvalue weighted by molar-refractivity contribution is 0.0952. The van der Waals surface area contributed by atoms with E-state index in [1.807, 2.05) is 25.1 Å². The molecule has 0 aliphatic heterocycles. The molecule has 0 unspecified atom stereocenters. The van der Waals surface area contributed by atoms with Crippen molar-refractivity contribution in [2.24, 2.45) is 0 Å². The molecule has 0 aliphatic rings. The molecular weight excluding hydrogens is 254 g/mol. The van der Waals surface area contributed by atoms with Gasteiger partial charge in [0.25, 0.3) is 5.91 Å². The predicted octanol–water partition coefficient (Wildman–Crippen LogP) is 3.29. The van der Waals surface area contributed by atoms with Gasteiger partial charge in [-0.05, 0) is 31.0 Å². The number of carbonyl (C=O) groups is 1. The van der Waals surface area contributed by atoms with Gasteiger partial charge in [-0.25, -0.2) is 0 Å². The maximum atomic E-state index is 11.8. The first-order valence-corrected chi connectivity index (χ1v) is 5.98. The molecule has 0 fully saturated rings. The molecule has 0 spiro atoms. The van der Waals surface area contributed by atoms with Crippen LogP contribution in [0.4, 0.5) is 0 Å². The van der Waals surface area contributed by atoms with Gasteiger partial charge in [-0.3, -0.25) is 4.79 Å². The second-order valence-corrected chi connectivity index (χ2v) is 4.48. The summed E-state index contributed by atoms with van der Waals surface area (Å²) in [7, 11) is 0. The van der Waals surface area contributed by atoms with E-state index in [9.17, 15) is 4.79 Å². The van der Waals surface area contributed by atoms with E-state index in [0.717, 1.165) is 35.0 Å². The summed E-state index contributed by atoms with van der Waals surface area (Å²) < 4.78 is 0.939. The van der Waals surface area contributed by atoms with Gasteiger partial charge < -0.3 is 5.32 Å². The standard InChI is InChI=1S/C12H16BrNO/c1-3-4-7-14-12(15)11-8-10(13)6-5-9(11)2/h5-6,8H,3-4,7H2,1-2H3,(H,14,15). The number of amides is 1. The van der Waals surface area contributed by atoms with E-state index in [4.69, 9.17) is 0 Å². The Hall–Kier alpha value is -0.830. The van der Waals surface area contributed by atoms with Gasteiger partial charge in [0.15, 0.2) is 0 Å². The van der Waals surface area contributed by atoms with Crippen LogP contribution in [-0.2, 0) is 0 Å². The molecule has 0 bridgehead atoms. The number of aryl methyl sites for hydroxylation is 1. The van der Waals surface area contributed by atoms with Crippen LogP contribution in [0.2, 0.25) is 0 Å². The Bertz CT molecular complexity index is 349. The third-order valence-electron chi connectivity index (χ3n) is 2.26. The average molecular weight is 270 g/mol. The molecule has 0 radical (unpaired) electrons. The fourth-order valence-electron chi connectivity index (χ4n) is 1.31. The maximum Gasteiger partial charge on any atom is 0.251 e. The fraction of sp³-hybridized carbons (Fsp3) is 0.417. The average Bonchev–Trinajstić information content (AvgIpc) is 2.22. The highest BCUT2D eigenvalue weighted by Crippen LogP contribution is 2.15. The normalized spacial score (nSPS) is 10.1. The quantitative estimate of drug-likeness (QED) is 0.836. The summed E-state index contributed by atoms with van der Waals surface area (Å²) in [5.41, 5.74) is 1.76. The van der Waals surface area contributed by atoms with Crippen LogP contribution in [-0.4, -0.2) is 12.5 Å². The van der Waals surface area contributed by atoms with Crippen LogP contribution in [0.1, 0.15) is 35.7 Å². The first-order chi connectivity index (χ1) is 7.15. The molecule has 1 amide bonds. The lowest BCUT2D eigenvalue weighted by Gasteiger charge is -2.07. The van der Waals surface area contributed by atoms with E-state index < -0.39 is 0 Å². The summed E-state index contributed by atoms with van der Waals surface area (Å²) in [5, 5.41) is 2.91. The van der Waals surface area contributed by atoms with E-state index >= 15 is 0 Å². The molecule has 1 N–H and O–H groups in total. The first kappa shape index (κ1) is 12.2. The van der Waals surface area contributed by atoms with E-state index in [0.29, 0.717) is 0 Å². The Morgan fingerprint density at radius 2 is 2.20 bits per heavy atom. The van der Waals surface area contributed by atoms with Gasteiger partial charge in [-0.15, -0.1) is 0 Å². The molecule has 15 heavy (non-hydrogen) atoms. The van der Waals surface area contributed by atoms with Crippen molar-refractivity contribution in [3.63, 3.8) is 0 Å². The second-order valence-electron chi connectivity index (χ2n) is 3.57. The zero-order chi connectivity index (χ0) is 11.3. The second kappa shape index (κ2) is 5.91. The third-order valence-corrected chi connectivity index (χ3v) is 2.75. The number of hydrogen-bond donors (Lipinski definition) is 1. The van der Waals surface area contributed by atoms with Crippen molar-refractivity contribution in [3.05, 3.63) is 33.8 Å². The Balaban J connectivity index is 2.68. The summed E-state index contributed by atoms with van der Waals surface area (Å²) in [5.74, 6) is 0.0160. The van der Waals surface area contributed by atoms with Gasteiger partial charge in [0.2, 0.25) is 0 Å². The molecular formula is C12H16BrNO. The Morgan fingerprint density at radius 1 is 1.47 bits per heavy atom. The molecule has 0 saturated heterocycles. The number of carbonyl (C=O) groups excluding carboxylic acids is 1. The molecule has 1 rings (SSSR count). The van der Waals surface area contributed by atoms with E-state index in [-0.39, 0.29) is 5.91 Å². The maximum absolute atomic E-state index is 11.8. The van der Waals surface area contributed by atoms with Gasteiger partial charge >= 0.3 is 0 Å². The summed E-state index contributed by atoms with van der Waals surface area (Å²) in [6.07, 6.45) is 2.12. The summed E-state index contributed by atoms with van der Waals surface area (Å²) in [4.78, 5) is 11.8.